The Hall–Kier alpha value is -0.240. The van der Waals surface area contributed by atoms with Crippen molar-refractivity contribution in [2.75, 3.05) is 13.2 Å². The van der Waals surface area contributed by atoms with Gasteiger partial charge in [-0.3, -0.25) is 0 Å². The van der Waals surface area contributed by atoms with Gasteiger partial charge in [0.05, 0.1) is 11.1 Å². The van der Waals surface area contributed by atoms with Crippen molar-refractivity contribution in [1.82, 2.24) is 4.72 Å². The Kier molecular flexibility index (Phi) is 5.97. The summed E-state index contributed by atoms with van der Waals surface area (Å²) in [6.07, 6.45) is 2.34. The van der Waals surface area contributed by atoms with E-state index in [9.17, 15) is 8.42 Å². The lowest BCUT2D eigenvalue weighted by atomic mass is 10.0. The number of nitrogens with one attached hydrogen (secondary N) is 1. The molecule has 1 aliphatic heterocycles. The van der Waals surface area contributed by atoms with Crippen molar-refractivity contribution >= 4 is 27.2 Å². The molecule has 106 valence electrons. The van der Waals surface area contributed by atoms with E-state index in [-0.39, 0.29) is 17.0 Å². The molecule has 0 amide bonds. The van der Waals surface area contributed by atoms with Crippen LogP contribution in [0.2, 0.25) is 0 Å². The van der Waals surface area contributed by atoms with Crippen molar-refractivity contribution in [2.24, 2.45) is 11.7 Å². The average molecular weight is 294 g/mol. The second-order valence-corrected chi connectivity index (χ2v) is 6.98. The van der Waals surface area contributed by atoms with Crippen LogP contribution >= 0.6 is 12.2 Å². The molecule has 0 aromatic heterocycles. The molecular formula is C11H22N2O3S2. The van der Waals surface area contributed by atoms with Crippen molar-refractivity contribution in [2.45, 2.75) is 44.5 Å². The van der Waals surface area contributed by atoms with E-state index in [1.54, 1.807) is 6.92 Å². The van der Waals surface area contributed by atoms with E-state index < -0.39 is 15.3 Å². The van der Waals surface area contributed by atoms with E-state index in [1.165, 1.54) is 0 Å². The molecule has 1 aliphatic rings. The van der Waals surface area contributed by atoms with E-state index in [2.05, 4.69) is 4.72 Å². The molecule has 7 heteroatoms. The molecule has 0 spiro atoms. The largest absolute Gasteiger partial charge is 0.392 e. The van der Waals surface area contributed by atoms with Crippen LogP contribution in [0, 0.1) is 5.92 Å². The van der Waals surface area contributed by atoms with Crippen LogP contribution in [0.15, 0.2) is 0 Å². The molecule has 1 saturated heterocycles. The van der Waals surface area contributed by atoms with Crippen LogP contribution in [0.25, 0.3) is 0 Å². The van der Waals surface area contributed by atoms with E-state index >= 15 is 0 Å². The predicted octanol–water partition coefficient (Wildman–Crippen LogP) is 0.786. The maximum atomic E-state index is 12.0. The molecule has 1 heterocycles. The van der Waals surface area contributed by atoms with E-state index in [1.807, 2.05) is 6.92 Å². The summed E-state index contributed by atoms with van der Waals surface area (Å²) in [6, 6.07) is 0. The molecule has 5 nitrogen and oxygen atoms in total. The molecule has 0 saturated carbocycles. The summed E-state index contributed by atoms with van der Waals surface area (Å²) in [5.74, 6) is 0.244. The van der Waals surface area contributed by atoms with Crippen molar-refractivity contribution in [1.29, 1.82) is 0 Å². The van der Waals surface area contributed by atoms with Gasteiger partial charge in [0.25, 0.3) is 0 Å². The highest BCUT2D eigenvalue weighted by Crippen LogP contribution is 2.23. The van der Waals surface area contributed by atoms with Crippen LogP contribution in [0.1, 0.15) is 33.1 Å². The van der Waals surface area contributed by atoms with Crippen LogP contribution in [0.4, 0.5) is 0 Å². The number of hydrogen-bond acceptors (Lipinski definition) is 4. The van der Waals surface area contributed by atoms with Gasteiger partial charge in [0, 0.05) is 19.1 Å². The molecule has 0 aliphatic carbocycles. The Morgan fingerprint density at radius 2 is 2.22 bits per heavy atom. The number of ether oxygens (including phenoxy) is 1. The highest BCUT2D eigenvalue weighted by molar-refractivity contribution is 7.93. The van der Waals surface area contributed by atoms with Gasteiger partial charge in [-0.25, -0.2) is 13.1 Å². The lowest BCUT2D eigenvalue weighted by Crippen LogP contribution is -2.43. The molecule has 0 aromatic carbocycles. The Morgan fingerprint density at radius 1 is 1.56 bits per heavy atom. The summed E-state index contributed by atoms with van der Waals surface area (Å²) in [6.45, 7) is 4.91. The molecule has 0 bridgehead atoms. The molecule has 0 aromatic rings. The van der Waals surface area contributed by atoms with E-state index in [0.29, 0.717) is 19.6 Å². The second kappa shape index (κ2) is 6.79. The van der Waals surface area contributed by atoms with Crippen LogP contribution in [-0.2, 0) is 14.8 Å². The van der Waals surface area contributed by atoms with Gasteiger partial charge >= 0.3 is 0 Å². The number of rotatable bonds is 7. The summed E-state index contributed by atoms with van der Waals surface area (Å²) in [5.41, 5.74) is 5.46. The molecule has 3 unspecified atom stereocenters. The zero-order valence-electron chi connectivity index (χ0n) is 10.9. The van der Waals surface area contributed by atoms with Crippen LogP contribution in [0.5, 0.6) is 0 Å². The number of sulfonamides is 1. The Bertz CT molecular complexity index is 384. The normalized spacial score (nSPS) is 26.1. The van der Waals surface area contributed by atoms with Crippen LogP contribution in [0.3, 0.4) is 0 Å². The summed E-state index contributed by atoms with van der Waals surface area (Å²) >= 11 is 4.79. The first-order valence-electron chi connectivity index (χ1n) is 6.31. The smallest absolute Gasteiger partial charge is 0.221 e. The number of hydrogen-bond donors (Lipinski definition) is 2. The average Bonchev–Trinajstić information content (AvgIpc) is 2.73. The van der Waals surface area contributed by atoms with Gasteiger partial charge in [0.15, 0.2) is 0 Å². The lowest BCUT2D eigenvalue weighted by Gasteiger charge is -2.20. The van der Waals surface area contributed by atoms with Crippen LogP contribution < -0.4 is 10.5 Å². The minimum atomic E-state index is -3.46. The molecule has 0 radical (unpaired) electrons. The molecule has 1 rings (SSSR count). The zero-order chi connectivity index (χ0) is 13.8. The van der Waals surface area contributed by atoms with Crippen molar-refractivity contribution < 1.29 is 13.2 Å². The van der Waals surface area contributed by atoms with Crippen molar-refractivity contribution in [3.05, 3.63) is 0 Å². The van der Waals surface area contributed by atoms with Crippen molar-refractivity contribution in [3.8, 4) is 0 Å². The fraction of sp³-hybridized carbons (Fsp3) is 0.909. The first kappa shape index (κ1) is 15.8. The first-order chi connectivity index (χ1) is 8.42. The van der Waals surface area contributed by atoms with E-state index in [0.717, 1.165) is 12.8 Å². The van der Waals surface area contributed by atoms with Gasteiger partial charge in [0.2, 0.25) is 10.0 Å². The quantitative estimate of drug-likeness (QED) is 0.678. The minimum absolute atomic E-state index is 0.0275. The van der Waals surface area contributed by atoms with Crippen molar-refractivity contribution in [3.63, 3.8) is 0 Å². The summed E-state index contributed by atoms with van der Waals surface area (Å²) in [5, 5.41) is -0.783. The highest BCUT2D eigenvalue weighted by Gasteiger charge is 2.31. The summed E-state index contributed by atoms with van der Waals surface area (Å²) in [7, 11) is -3.46. The third kappa shape index (κ3) is 3.88. The fourth-order valence-corrected chi connectivity index (χ4v) is 4.21. The van der Waals surface area contributed by atoms with Gasteiger partial charge < -0.3 is 10.5 Å². The van der Waals surface area contributed by atoms with Gasteiger partial charge in [-0.15, -0.1) is 0 Å². The molecule has 3 atom stereocenters. The molecule has 1 fully saturated rings. The monoisotopic (exact) mass is 294 g/mol. The maximum Gasteiger partial charge on any atom is 0.221 e. The lowest BCUT2D eigenvalue weighted by molar-refractivity contribution is 0.0884. The SMILES string of the molecule is CCC1OCCC1CNS(=O)(=O)C(CC)C(N)=S. The van der Waals surface area contributed by atoms with Crippen LogP contribution in [-0.4, -0.2) is 37.9 Å². The Balaban J connectivity index is 2.58. The summed E-state index contributed by atoms with van der Waals surface area (Å²) < 4.78 is 32.2. The third-order valence-electron chi connectivity index (χ3n) is 3.36. The van der Waals surface area contributed by atoms with Gasteiger partial charge in [-0.2, -0.15) is 0 Å². The first-order valence-corrected chi connectivity index (χ1v) is 8.27. The number of thiocarbonyl (C=S) groups is 1. The standard InChI is InChI=1S/C11H22N2O3S2/c1-3-9-8(5-6-16-9)7-13-18(14,15)10(4-2)11(12)17/h8-10,13H,3-7H2,1-2H3,(H2,12,17). The second-order valence-electron chi connectivity index (χ2n) is 4.56. The van der Waals surface area contributed by atoms with Gasteiger partial charge in [-0.05, 0) is 19.3 Å². The number of nitrogens with two attached hydrogens (primary N) is 1. The molecule has 3 N–H and O–H groups in total. The molecular weight excluding hydrogens is 272 g/mol. The third-order valence-corrected chi connectivity index (χ3v) is 5.70. The highest BCUT2D eigenvalue weighted by atomic mass is 32.2. The zero-order valence-corrected chi connectivity index (χ0v) is 12.5. The fourth-order valence-electron chi connectivity index (χ4n) is 2.27. The minimum Gasteiger partial charge on any atom is -0.392 e. The molecule has 18 heavy (non-hydrogen) atoms. The maximum absolute atomic E-state index is 12.0. The summed E-state index contributed by atoms with van der Waals surface area (Å²) in [4.78, 5) is 0.0275. The topological polar surface area (TPSA) is 81.4 Å². The van der Waals surface area contributed by atoms with E-state index in [4.69, 9.17) is 22.7 Å². The van der Waals surface area contributed by atoms with Gasteiger partial charge in [-0.1, -0.05) is 26.1 Å². The van der Waals surface area contributed by atoms with Gasteiger partial charge in [0.1, 0.15) is 5.25 Å². The predicted molar refractivity (Wildman–Crippen MR) is 75.9 cm³/mol. The Labute approximate surface area is 115 Å². The Morgan fingerprint density at radius 3 is 2.72 bits per heavy atom.